The first-order valence-electron chi connectivity index (χ1n) is 8.40. The SMILES string of the molecule is CCOC(=O)C1(NCCN(C)C)CC(C)CCC1C(C)C. The fraction of sp³-hybridized carbons (Fsp3) is 0.941. The Bertz CT molecular complexity index is 331. The van der Waals surface area contributed by atoms with E-state index in [1.54, 1.807) is 0 Å². The number of likely N-dealkylation sites (N-methyl/N-ethyl adjacent to an activating group) is 1. The van der Waals surface area contributed by atoms with Crippen molar-refractivity contribution < 1.29 is 9.53 Å². The topological polar surface area (TPSA) is 41.6 Å². The largest absolute Gasteiger partial charge is 0.465 e. The molecule has 3 atom stereocenters. The molecule has 1 aliphatic rings. The highest BCUT2D eigenvalue weighted by Crippen LogP contribution is 2.41. The number of hydrogen-bond donors (Lipinski definition) is 1. The number of esters is 1. The van der Waals surface area contributed by atoms with Crippen molar-refractivity contribution in [2.75, 3.05) is 33.8 Å². The highest BCUT2D eigenvalue weighted by Gasteiger charge is 2.50. The van der Waals surface area contributed by atoms with Gasteiger partial charge in [-0.25, -0.2) is 0 Å². The zero-order valence-corrected chi connectivity index (χ0v) is 14.7. The summed E-state index contributed by atoms with van der Waals surface area (Å²) >= 11 is 0. The molecule has 1 N–H and O–H groups in total. The zero-order valence-electron chi connectivity index (χ0n) is 14.7. The molecule has 0 aromatic rings. The van der Waals surface area contributed by atoms with Gasteiger partial charge in [0.2, 0.25) is 0 Å². The molecule has 0 saturated heterocycles. The van der Waals surface area contributed by atoms with E-state index in [4.69, 9.17) is 4.74 Å². The summed E-state index contributed by atoms with van der Waals surface area (Å²) in [5, 5.41) is 3.60. The molecule has 0 spiro atoms. The summed E-state index contributed by atoms with van der Waals surface area (Å²) in [5.41, 5.74) is -0.502. The van der Waals surface area contributed by atoms with Gasteiger partial charge >= 0.3 is 5.97 Å². The Kier molecular flexibility index (Phi) is 7.14. The molecule has 1 aliphatic carbocycles. The monoisotopic (exact) mass is 298 g/mol. The Morgan fingerprint density at radius 2 is 2.05 bits per heavy atom. The summed E-state index contributed by atoms with van der Waals surface area (Å²) in [7, 11) is 4.12. The summed E-state index contributed by atoms with van der Waals surface area (Å²) in [6.45, 7) is 10.8. The molecule has 0 aromatic carbocycles. The van der Waals surface area contributed by atoms with Gasteiger partial charge in [0, 0.05) is 13.1 Å². The van der Waals surface area contributed by atoms with Crippen LogP contribution in [0.15, 0.2) is 0 Å². The lowest BCUT2D eigenvalue weighted by molar-refractivity contribution is -0.158. The lowest BCUT2D eigenvalue weighted by Gasteiger charge is -2.47. The zero-order chi connectivity index (χ0) is 16.0. The lowest BCUT2D eigenvalue weighted by atomic mass is 9.65. The van der Waals surface area contributed by atoms with Gasteiger partial charge in [0.05, 0.1) is 6.61 Å². The molecule has 0 aliphatic heterocycles. The van der Waals surface area contributed by atoms with Crippen LogP contribution in [0, 0.1) is 17.8 Å². The van der Waals surface area contributed by atoms with Crippen molar-refractivity contribution in [2.24, 2.45) is 17.8 Å². The highest BCUT2D eigenvalue weighted by atomic mass is 16.5. The number of hydrogen-bond acceptors (Lipinski definition) is 4. The molecular formula is C17H34N2O2. The first-order chi connectivity index (χ1) is 9.83. The minimum atomic E-state index is -0.502. The van der Waals surface area contributed by atoms with Crippen LogP contribution in [0.1, 0.15) is 47.0 Å². The maximum absolute atomic E-state index is 12.8. The van der Waals surface area contributed by atoms with Crippen LogP contribution in [0.2, 0.25) is 0 Å². The normalized spacial score (nSPS) is 29.9. The molecule has 1 saturated carbocycles. The van der Waals surface area contributed by atoms with Gasteiger partial charge in [-0.15, -0.1) is 0 Å². The molecule has 0 bridgehead atoms. The summed E-state index contributed by atoms with van der Waals surface area (Å²) in [6.07, 6.45) is 3.20. The third-order valence-electron chi connectivity index (χ3n) is 4.72. The van der Waals surface area contributed by atoms with Gasteiger partial charge in [-0.1, -0.05) is 27.2 Å². The van der Waals surface area contributed by atoms with E-state index in [-0.39, 0.29) is 5.97 Å². The van der Waals surface area contributed by atoms with Gasteiger partial charge in [-0.05, 0) is 51.6 Å². The first-order valence-corrected chi connectivity index (χ1v) is 8.40. The highest BCUT2D eigenvalue weighted by molar-refractivity contribution is 5.81. The Labute approximate surface area is 130 Å². The second-order valence-electron chi connectivity index (χ2n) is 7.16. The first kappa shape index (κ1) is 18.4. The van der Waals surface area contributed by atoms with Gasteiger partial charge in [0.15, 0.2) is 0 Å². The van der Waals surface area contributed by atoms with Crippen molar-refractivity contribution in [3.8, 4) is 0 Å². The molecule has 1 rings (SSSR count). The number of nitrogens with zero attached hydrogens (tertiary/aromatic N) is 1. The predicted molar refractivity (Wildman–Crippen MR) is 87.3 cm³/mol. The van der Waals surface area contributed by atoms with Crippen molar-refractivity contribution in [2.45, 2.75) is 52.5 Å². The van der Waals surface area contributed by atoms with E-state index >= 15 is 0 Å². The van der Waals surface area contributed by atoms with Crippen molar-refractivity contribution in [1.82, 2.24) is 10.2 Å². The van der Waals surface area contributed by atoms with Crippen LogP contribution in [0.25, 0.3) is 0 Å². The number of carbonyl (C=O) groups is 1. The second-order valence-corrected chi connectivity index (χ2v) is 7.16. The van der Waals surface area contributed by atoms with Gasteiger partial charge in [0.25, 0.3) is 0 Å². The molecule has 3 unspecified atom stereocenters. The fourth-order valence-corrected chi connectivity index (χ4v) is 3.69. The molecule has 21 heavy (non-hydrogen) atoms. The van der Waals surface area contributed by atoms with Crippen LogP contribution in [-0.2, 0) is 9.53 Å². The Morgan fingerprint density at radius 1 is 1.38 bits per heavy atom. The lowest BCUT2D eigenvalue weighted by Crippen LogP contribution is -2.62. The Hall–Kier alpha value is -0.610. The van der Waals surface area contributed by atoms with Gasteiger partial charge in [0.1, 0.15) is 5.54 Å². The standard InChI is InChI=1S/C17H34N2O2/c1-7-21-16(20)17(18-10-11-19(5)6)12-14(4)8-9-15(17)13(2)3/h13-15,18H,7-12H2,1-6H3. The van der Waals surface area contributed by atoms with E-state index in [2.05, 4.69) is 45.1 Å². The van der Waals surface area contributed by atoms with Crippen LogP contribution in [0.5, 0.6) is 0 Å². The molecular weight excluding hydrogens is 264 g/mol. The van der Waals surface area contributed by atoms with E-state index in [1.807, 2.05) is 6.92 Å². The van der Waals surface area contributed by atoms with Crippen molar-refractivity contribution in [3.63, 3.8) is 0 Å². The summed E-state index contributed by atoms with van der Waals surface area (Å²) in [6, 6.07) is 0. The predicted octanol–water partition coefficient (Wildman–Crippen LogP) is 2.53. The molecule has 0 heterocycles. The number of rotatable bonds is 7. The number of ether oxygens (including phenoxy) is 1. The maximum Gasteiger partial charge on any atom is 0.326 e. The summed E-state index contributed by atoms with van der Waals surface area (Å²) < 4.78 is 5.46. The van der Waals surface area contributed by atoms with Crippen LogP contribution in [0.3, 0.4) is 0 Å². The summed E-state index contributed by atoms with van der Waals surface area (Å²) in [5.74, 6) is 1.36. The van der Waals surface area contributed by atoms with E-state index in [0.29, 0.717) is 24.4 Å². The molecule has 0 amide bonds. The summed E-state index contributed by atoms with van der Waals surface area (Å²) in [4.78, 5) is 14.9. The second kappa shape index (κ2) is 8.14. The third kappa shape index (κ3) is 4.68. The van der Waals surface area contributed by atoms with E-state index in [0.717, 1.165) is 25.9 Å². The minimum Gasteiger partial charge on any atom is -0.465 e. The average Bonchev–Trinajstić information content (AvgIpc) is 2.38. The molecule has 124 valence electrons. The third-order valence-corrected chi connectivity index (χ3v) is 4.72. The van der Waals surface area contributed by atoms with E-state index in [9.17, 15) is 4.79 Å². The van der Waals surface area contributed by atoms with E-state index < -0.39 is 5.54 Å². The van der Waals surface area contributed by atoms with Crippen LogP contribution in [-0.4, -0.2) is 50.2 Å². The smallest absolute Gasteiger partial charge is 0.326 e. The minimum absolute atomic E-state index is 0.0472. The Morgan fingerprint density at radius 3 is 2.57 bits per heavy atom. The van der Waals surface area contributed by atoms with Crippen LogP contribution < -0.4 is 5.32 Å². The van der Waals surface area contributed by atoms with Crippen molar-refractivity contribution in [3.05, 3.63) is 0 Å². The van der Waals surface area contributed by atoms with Crippen LogP contribution >= 0.6 is 0 Å². The number of carbonyl (C=O) groups excluding carboxylic acids is 1. The van der Waals surface area contributed by atoms with Gasteiger partial charge in [-0.3, -0.25) is 4.79 Å². The average molecular weight is 298 g/mol. The Balaban J connectivity index is 2.97. The van der Waals surface area contributed by atoms with E-state index in [1.165, 1.54) is 6.42 Å². The molecule has 0 aromatic heterocycles. The van der Waals surface area contributed by atoms with Gasteiger partial charge in [-0.2, -0.15) is 0 Å². The maximum atomic E-state index is 12.8. The molecule has 0 radical (unpaired) electrons. The van der Waals surface area contributed by atoms with Crippen LogP contribution in [0.4, 0.5) is 0 Å². The van der Waals surface area contributed by atoms with Crippen molar-refractivity contribution >= 4 is 5.97 Å². The molecule has 4 heteroatoms. The molecule has 1 fully saturated rings. The number of nitrogens with one attached hydrogen (secondary N) is 1. The van der Waals surface area contributed by atoms with Gasteiger partial charge < -0.3 is 15.0 Å². The van der Waals surface area contributed by atoms with Crippen molar-refractivity contribution in [1.29, 1.82) is 0 Å². The quantitative estimate of drug-likeness (QED) is 0.733. The molecule has 4 nitrogen and oxygen atoms in total. The fourth-order valence-electron chi connectivity index (χ4n) is 3.69.